The average molecular weight is 336 g/mol. The highest BCUT2D eigenvalue weighted by Crippen LogP contribution is 2.25. The minimum atomic E-state index is -3.53. The Balaban J connectivity index is 1.72. The largest absolute Gasteiger partial charge is 0.349 e. The molecule has 2 fully saturated rings. The zero-order valence-corrected chi connectivity index (χ0v) is 14.2. The number of benzene rings is 1. The Hall–Kier alpha value is -1.40. The highest BCUT2D eigenvalue weighted by Gasteiger charge is 2.28. The van der Waals surface area contributed by atoms with Gasteiger partial charge in [0.05, 0.1) is 4.90 Å². The Morgan fingerprint density at radius 1 is 1.13 bits per heavy atom. The number of hydrogen-bond acceptors (Lipinski definition) is 3. The second kappa shape index (κ2) is 6.61. The number of rotatable bonds is 5. The van der Waals surface area contributed by atoms with Crippen molar-refractivity contribution in [2.45, 2.75) is 62.4 Å². The second-order valence-electron chi connectivity index (χ2n) is 6.77. The van der Waals surface area contributed by atoms with Crippen LogP contribution in [0.4, 0.5) is 0 Å². The summed E-state index contributed by atoms with van der Waals surface area (Å²) >= 11 is 0. The van der Waals surface area contributed by atoms with Crippen LogP contribution in [-0.2, 0) is 10.0 Å². The van der Waals surface area contributed by atoms with Gasteiger partial charge in [0.1, 0.15) is 0 Å². The number of sulfonamides is 1. The molecule has 2 N–H and O–H groups in total. The lowest BCUT2D eigenvalue weighted by atomic mass is 9.86. The van der Waals surface area contributed by atoms with Gasteiger partial charge < -0.3 is 5.32 Å². The van der Waals surface area contributed by atoms with Crippen molar-refractivity contribution in [3.63, 3.8) is 0 Å². The molecule has 6 heteroatoms. The summed E-state index contributed by atoms with van der Waals surface area (Å²) in [5.41, 5.74) is 0.404. The first-order valence-corrected chi connectivity index (χ1v) is 9.87. The van der Waals surface area contributed by atoms with Gasteiger partial charge in [0.15, 0.2) is 0 Å². The van der Waals surface area contributed by atoms with Gasteiger partial charge in [0, 0.05) is 17.6 Å². The molecule has 0 spiro atoms. The zero-order chi connectivity index (χ0) is 16.4. The molecule has 2 saturated carbocycles. The molecule has 5 nitrogen and oxygen atoms in total. The lowest BCUT2D eigenvalue weighted by Crippen LogP contribution is -2.41. The first-order chi connectivity index (χ1) is 11.0. The van der Waals surface area contributed by atoms with Gasteiger partial charge in [-0.1, -0.05) is 25.8 Å². The van der Waals surface area contributed by atoms with Crippen LogP contribution in [0, 0.1) is 5.92 Å². The number of amides is 1. The molecule has 1 amide bonds. The maximum atomic E-state index is 12.4. The van der Waals surface area contributed by atoms with Gasteiger partial charge in [0.2, 0.25) is 10.0 Å². The normalized spacial score (nSPS) is 25.1. The molecular weight excluding hydrogens is 312 g/mol. The van der Waals surface area contributed by atoms with Crippen LogP contribution in [0.5, 0.6) is 0 Å². The maximum Gasteiger partial charge on any atom is 0.251 e. The zero-order valence-electron chi connectivity index (χ0n) is 13.4. The van der Waals surface area contributed by atoms with Crippen LogP contribution in [0.3, 0.4) is 0 Å². The first kappa shape index (κ1) is 16.5. The fourth-order valence-corrected chi connectivity index (χ4v) is 4.43. The van der Waals surface area contributed by atoms with E-state index in [0.29, 0.717) is 11.5 Å². The Morgan fingerprint density at radius 3 is 2.57 bits per heavy atom. The van der Waals surface area contributed by atoms with Crippen molar-refractivity contribution >= 4 is 15.9 Å². The van der Waals surface area contributed by atoms with E-state index in [0.717, 1.165) is 32.1 Å². The van der Waals surface area contributed by atoms with E-state index >= 15 is 0 Å². The summed E-state index contributed by atoms with van der Waals surface area (Å²) in [6.07, 6.45) is 6.25. The average Bonchev–Trinajstić information content (AvgIpc) is 3.33. The lowest BCUT2D eigenvalue weighted by molar-refractivity contribution is 0.0910. The quantitative estimate of drug-likeness (QED) is 0.867. The molecule has 1 aromatic rings. The highest BCUT2D eigenvalue weighted by molar-refractivity contribution is 7.89. The van der Waals surface area contributed by atoms with E-state index < -0.39 is 10.0 Å². The van der Waals surface area contributed by atoms with Crippen LogP contribution in [0.1, 0.15) is 55.8 Å². The molecule has 0 aromatic heterocycles. The van der Waals surface area contributed by atoms with Crippen molar-refractivity contribution in [3.8, 4) is 0 Å². The van der Waals surface area contributed by atoms with Crippen LogP contribution < -0.4 is 10.0 Å². The van der Waals surface area contributed by atoms with Crippen LogP contribution in [0.2, 0.25) is 0 Å². The number of carbonyl (C=O) groups is 1. The molecule has 2 atom stereocenters. The van der Waals surface area contributed by atoms with E-state index in [1.54, 1.807) is 12.1 Å². The van der Waals surface area contributed by atoms with Crippen molar-refractivity contribution in [1.29, 1.82) is 0 Å². The van der Waals surface area contributed by atoms with Gasteiger partial charge in [0.25, 0.3) is 5.91 Å². The highest BCUT2D eigenvalue weighted by atomic mass is 32.2. The molecule has 3 rings (SSSR count). The summed E-state index contributed by atoms with van der Waals surface area (Å²) in [7, 11) is -3.53. The summed E-state index contributed by atoms with van der Waals surface area (Å²) in [5, 5.41) is 3.06. The smallest absolute Gasteiger partial charge is 0.251 e. The third-order valence-electron chi connectivity index (χ3n) is 4.73. The second-order valence-corrected chi connectivity index (χ2v) is 8.48. The van der Waals surface area contributed by atoms with Gasteiger partial charge in [-0.2, -0.15) is 0 Å². The maximum absolute atomic E-state index is 12.4. The van der Waals surface area contributed by atoms with Crippen molar-refractivity contribution < 1.29 is 13.2 Å². The molecule has 2 aliphatic rings. The van der Waals surface area contributed by atoms with Crippen LogP contribution >= 0.6 is 0 Å². The van der Waals surface area contributed by atoms with E-state index in [2.05, 4.69) is 17.0 Å². The predicted octanol–water partition coefficient (Wildman–Crippen LogP) is 2.44. The molecule has 0 heterocycles. The first-order valence-electron chi connectivity index (χ1n) is 8.39. The summed E-state index contributed by atoms with van der Waals surface area (Å²) in [6, 6.07) is 6.53. The molecule has 0 aliphatic heterocycles. The summed E-state index contributed by atoms with van der Waals surface area (Å²) in [4.78, 5) is 12.6. The summed E-state index contributed by atoms with van der Waals surface area (Å²) in [6.45, 7) is 2.16. The van der Waals surface area contributed by atoms with Crippen LogP contribution in [-0.4, -0.2) is 26.4 Å². The molecule has 126 valence electrons. The monoisotopic (exact) mass is 336 g/mol. The number of hydrogen-bond donors (Lipinski definition) is 2. The van der Waals surface area contributed by atoms with E-state index in [-0.39, 0.29) is 22.9 Å². The molecule has 0 saturated heterocycles. The van der Waals surface area contributed by atoms with Crippen LogP contribution in [0.25, 0.3) is 0 Å². The van der Waals surface area contributed by atoms with Gasteiger partial charge in [-0.15, -0.1) is 0 Å². The van der Waals surface area contributed by atoms with Gasteiger partial charge >= 0.3 is 0 Å². The third kappa shape index (κ3) is 4.12. The Kier molecular flexibility index (Phi) is 4.73. The van der Waals surface area contributed by atoms with E-state index in [9.17, 15) is 13.2 Å². The van der Waals surface area contributed by atoms with Gasteiger partial charge in [-0.25, -0.2) is 13.1 Å². The minimum Gasteiger partial charge on any atom is -0.349 e. The van der Waals surface area contributed by atoms with Crippen molar-refractivity contribution in [3.05, 3.63) is 29.8 Å². The Bertz CT molecular complexity index is 683. The summed E-state index contributed by atoms with van der Waals surface area (Å²) in [5.74, 6) is 0.281. The van der Waals surface area contributed by atoms with E-state index in [1.807, 2.05) is 0 Å². The van der Waals surface area contributed by atoms with Gasteiger partial charge in [-0.05, 0) is 49.8 Å². The molecule has 2 aliphatic carbocycles. The van der Waals surface area contributed by atoms with Crippen LogP contribution in [0.15, 0.2) is 29.2 Å². The Morgan fingerprint density at radius 2 is 1.87 bits per heavy atom. The molecule has 0 radical (unpaired) electrons. The fraction of sp³-hybridized carbons (Fsp3) is 0.588. The van der Waals surface area contributed by atoms with Gasteiger partial charge in [-0.3, -0.25) is 4.79 Å². The van der Waals surface area contributed by atoms with E-state index in [4.69, 9.17) is 0 Å². The van der Waals surface area contributed by atoms with Crippen molar-refractivity contribution in [1.82, 2.24) is 10.0 Å². The molecular formula is C17H24N2O3S. The van der Waals surface area contributed by atoms with Crippen molar-refractivity contribution in [2.24, 2.45) is 5.92 Å². The van der Waals surface area contributed by atoms with Crippen molar-refractivity contribution in [2.75, 3.05) is 0 Å². The summed E-state index contributed by atoms with van der Waals surface area (Å²) < 4.78 is 27.2. The standard InChI is InChI=1S/C17H24N2O3S/c1-12-5-2-3-8-16(12)18-17(20)13-6-4-7-15(11-13)23(21,22)19-14-9-10-14/h4,6-7,11-12,14,16,19H,2-3,5,8-10H2,1H3,(H,18,20)/t12-,16+/m0/s1. The van der Waals surface area contributed by atoms with E-state index in [1.165, 1.54) is 18.6 Å². The topological polar surface area (TPSA) is 75.3 Å². The number of nitrogens with one attached hydrogen (secondary N) is 2. The fourth-order valence-electron chi connectivity index (χ4n) is 3.08. The predicted molar refractivity (Wildman–Crippen MR) is 88.7 cm³/mol. The molecule has 0 bridgehead atoms. The molecule has 0 unspecified atom stereocenters. The molecule has 1 aromatic carbocycles. The number of carbonyl (C=O) groups excluding carboxylic acids is 1. The SMILES string of the molecule is C[C@H]1CCCC[C@H]1NC(=O)c1cccc(S(=O)(=O)NC2CC2)c1. The third-order valence-corrected chi connectivity index (χ3v) is 6.25. The lowest BCUT2D eigenvalue weighted by Gasteiger charge is -2.29. The minimum absolute atomic E-state index is 0.0561. The molecule has 23 heavy (non-hydrogen) atoms. The Labute approximate surface area is 137 Å².